The normalized spacial score (nSPS) is 22.6. The van der Waals surface area contributed by atoms with Gasteiger partial charge in [-0.15, -0.1) is 0 Å². The Labute approximate surface area is 121 Å². The van der Waals surface area contributed by atoms with Crippen LogP contribution in [-0.2, 0) is 9.84 Å². The molecular weight excluding hydrogens is 274 g/mol. The first kappa shape index (κ1) is 15.3. The second-order valence-electron chi connectivity index (χ2n) is 5.37. The summed E-state index contributed by atoms with van der Waals surface area (Å²) in [5, 5.41) is 3.43. The van der Waals surface area contributed by atoms with Gasteiger partial charge in [0.15, 0.2) is 9.84 Å². The average molecular weight is 297 g/mol. The monoisotopic (exact) mass is 297 g/mol. The highest BCUT2D eigenvalue weighted by molar-refractivity contribution is 7.91. The van der Waals surface area contributed by atoms with Crippen molar-refractivity contribution in [1.29, 1.82) is 0 Å². The Balaban J connectivity index is 1.93. The number of sulfone groups is 1. The number of hydrogen-bond donors (Lipinski definition) is 1. The fourth-order valence-electron chi connectivity index (χ4n) is 2.61. The van der Waals surface area contributed by atoms with Crippen molar-refractivity contribution in [3.05, 3.63) is 29.8 Å². The molecule has 1 aliphatic rings. The molecule has 20 heavy (non-hydrogen) atoms. The van der Waals surface area contributed by atoms with Gasteiger partial charge >= 0.3 is 0 Å². The molecule has 4 nitrogen and oxygen atoms in total. The van der Waals surface area contributed by atoms with Crippen LogP contribution in [0.25, 0.3) is 0 Å². The first-order valence-electron chi connectivity index (χ1n) is 7.17. The molecule has 1 aliphatic heterocycles. The van der Waals surface area contributed by atoms with E-state index < -0.39 is 9.84 Å². The van der Waals surface area contributed by atoms with Gasteiger partial charge in [0.1, 0.15) is 5.75 Å². The lowest BCUT2D eigenvalue weighted by Gasteiger charge is -2.19. The van der Waals surface area contributed by atoms with E-state index in [1.165, 1.54) is 0 Å². The zero-order chi connectivity index (χ0) is 14.6. The molecule has 1 N–H and O–H groups in total. The fraction of sp³-hybridized carbons (Fsp3) is 0.600. The Bertz CT molecular complexity index is 542. The van der Waals surface area contributed by atoms with Gasteiger partial charge in [-0.25, -0.2) is 8.42 Å². The number of ether oxygens (including phenoxy) is 1. The first-order chi connectivity index (χ1) is 9.52. The maximum Gasteiger partial charge on any atom is 0.150 e. The van der Waals surface area contributed by atoms with Gasteiger partial charge in [-0.3, -0.25) is 0 Å². The third kappa shape index (κ3) is 3.96. The van der Waals surface area contributed by atoms with Crippen LogP contribution in [0.1, 0.15) is 31.9 Å². The molecule has 0 amide bonds. The molecule has 2 atom stereocenters. The van der Waals surface area contributed by atoms with Gasteiger partial charge in [0.2, 0.25) is 0 Å². The number of rotatable bonds is 6. The van der Waals surface area contributed by atoms with Gasteiger partial charge < -0.3 is 10.1 Å². The third-order valence-electron chi connectivity index (χ3n) is 3.72. The SMILES string of the molecule is CCOc1ccccc1C(C)NCC1CCS(=O)(=O)C1. The zero-order valence-electron chi connectivity index (χ0n) is 12.1. The summed E-state index contributed by atoms with van der Waals surface area (Å²) < 4.78 is 28.5. The van der Waals surface area contributed by atoms with Crippen molar-refractivity contribution < 1.29 is 13.2 Å². The van der Waals surface area contributed by atoms with Gasteiger partial charge in [0.05, 0.1) is 18.1 Å². The Morgan fingerprint density at radius 1 is 1.40 bits per heavy atom. The van der Waals surface area contributed by atoms with E-state index in [2.05, 4.69) is 12.2 Å². The number of hydrogen-bond acceptors (Lipinski definition) is 4. The van der Waals surface area contributed by atoms with E-state index in [-0.39, 0.29) is 12.0 Å². The van der Waals surface area contributed by atoms with Crippen LogP contribution in [-0.4, -0.2) is 33.1 Å². The van der Waals surface area contributed by atoms with Crippen LogP contribution in [0.2, 0.25) is 0 Å². The van der Waals surface area contributed by atoms with Crippen molar-refractivity contribution in [1.82, 2.24) is 5.32 Å². The molecule has 0 radical (unpaired) electrons. The minimum Gasteiger partial charge on any atom is -0.494 e. The van der Waals surface area contributed by atoms with Gasteiger partial charge in [0, 0.05) is 11.6 Å². The van der Waals surface area contributed by atoms with Crippen LogP contribution in [0.15, 0.2) is 24.3 Å². The quantitative estimate of drug-likeness (QED) is 0.874. The van der Waals surface area contributed by atoms with Gasteiger partial charge in [-0.2, -0.15) is 0 Å². The second-order valence-corrected chi connectivity index (χ2v) is 7.60. The Hall–Kier alpha value is -1.07. The lowest BCUT2D eigenvalue weighted by Crippen LogP contribution is -2.26. The minimum atomic E-state index is -2.79. The topological polar surface area (TPSA) is 55.4 Å². The molecular formula is C15H23NO3S. The molecule has 0 bridgehead atoms. The second kappa shape index (κ2) is 6.59. The molecule has 2 rings (SSSR count). The summed E-state index contributed by atoms with van der Waals surface area (Å²) in [4.78, 5) is 0. The standard InChI is InChI=1S/C15H23NO3S/c1-3-19-15-7-5-4-6-14(15)12(2)16-10-13-8-9-20(17,18)11-13/h4-7,12-13,16H,3,8-11H2,1-2H3. The molecule has 0 saturated carbocycles. The molecule has 0 spiro atoms. The lowest BCUT2D eigenvalue weighted by atomic mass is 10.1. The summed E-state index contributed by atoms with van der Waals surface area (Å²) in [5.74, 6) is 1.79. The molecule has 5 heteroatoms. The molecule has 1 fully saturated rings. The summed E-state index contributed by atoms with van der Waals surface area (Å²) in [7, 11) is -2.79. The Kier molecular flexibility index (Phi) is 5.05. The van der Waals surface area contributed by atoms with Crippen LogP contribution in [0.4, 0.5) is 0 Å². The van der Waals surface area contributed by atoms with Crippen LogP contribution >= 0.6 is 0 Å². The van der Waals surface area contributed by atoms with Crippen molar-refractivity contribution in [2.24, 2.45) is 5.92 Å². The maximum atomic E-state index is 11.4. The van der Waals surface area contributed by atoms with E-state index in [4.69, 9.17) is 4.74 Å². The summed E-state index contributed by atoms with van der Waals surface area (Å²) in [6, 6.07) is 8.13. The maximum absolute atomic E-state index is 11.4. The van der Waals surface area contributed by atoms with Crippen molar-refractivity contribution in [3.8, 4) is 5.75 Å². The summed E-state index contributed by atoms with van der Waals surface area (Å²) in [6.45, 7) is 5.44. The van der Waals surface area contributed by atoms with E-state index in [1.54, 1.807) is 0 Å². The number of nitrogens with one attached hydrogen (secondary N) is 1. The summed E-state index contributed by atoms with van der Waals surface area (Å²) >= 11 is 0. The predicted octanol–water partition coefficient (Wildman–Crippen LogP) is 2.17. The van der Waals surface area contributed by atoms with Crippen LogP contribution < -0.4 is 10.1 Å². The molecule has 112 valence electrons. The van der Waals surface area contributed by atoms with Crippen molar-refractivity contribution in [3.63, 3.8) is 0 Å². The van der Waals surface area contributed by atoms with E-state index in [9.17, 15) is 8.42 Å². The summed E-state index contributed by atoms with van der Waals surface area (Å²) in [5.41, 5.74) is 1.12. The van der Waals surface area contributed by atoms with Crippen LogP contribution in [0.5, 0.6) is 5.75 Å². The number of para-hydroxylation sites is 1. The smallest absolute Gasteiger partial charge is 0.150 e. The number of benzene rings is 1. The van der Waals surface area contributed by atoms with Crippen LogP contribution in [0, 0.1) is 5.92 Å². The lowest BCUT2D eigenvalue weighted by molar-refractivity contribution is 0.331. The van der Waals surface area contributed by atoms with Crippen molar-refractivity contribution in [2.75, 3.05) is 24.7 Å². The first-order valence-corrected chi connectivity index (χ1v) is 8.99. The molecule has 1 aromatic carbocycles. The Morgan fingerprint density at radius 3 is 2.80 bits per heavy atom. The van der Waals surface area contributed by atoms with Gasteiger partial charge in [-0.1, -0.05) is 18.2 Å². The molecule has 0 aliphatic carbocycles. The fourth-order valence-corrected chi connectivity index (χ4v) is 4.47. The molecule has 0 aromatic heterocycles. The van der Waals surface area contributed by atoms with Crippen molar-refractivity contribution >= 4 is 9.84 Å². The Morgan fingerprint density at radius 2 is 2.15 bits per heavy atom. The average Bonchev–Trinajstić information content (AvgIpc) is 2.77. The van der Waals surface area contributed by atoms with E-state index in [0.717, 1.165) is 24.3 Å². The highest BCUT2D eigenvalue weighted by atomic mass is 32.2. The third-order valence-corrected chi connectivity index (χ3v) is 5.56. The van der Waals surface area contributed by atoms with Gasteiger partial charge in [0.25, 0.3) is 0 Å². The van der Waals surface area contributed by atoms with Crippen LogP contribution in [0.3, 0.4) is 0 Å². The highest BCUT2D eigenvalue weighted by Crippen LogP contribution is 2.25. The molecule has 1 heterocycles. The molecule has 1 saturated heterocycles. The minimum absolute atomic E-state index is 0.154. The zero-order valence-corrected chi connectivity index (χ0v) is 12.9. The van der Waals surface area contributed by atoms with E-state index in [1.807, 2.05) is 31.2 Å². The molecule has 1 aromatic rings. The van der Waals surface area contributed by atoms with Gasteiger partial charge in [-0.05, 0) is 38.8 Å². The van der Waals surface area contributed by atoms with E-state index in [0.29, 0.717) is 18.1 Å². The largest absolute Gasteiger partial charge is 0.494 e. The van der Waals surface area contributed by atoms with E-state index >= 15 is 0 Å². The van der Waals surface area contributed by atoms with Crippen molar-refractivity contribution in [2.45, 2.75) is 26.3 Å². The highest BCUT2D eigenvalue weighted by Gasteiger charge is 2.27. The summed E-state index contributed by atoms with van der Waals surface area (Å²) in [6.07, 6.45) is 0.773. The molecule has 2 unspecified atom stereocenters. The predicted molar refractivity (Wildman–Crippen MR) is 80.8 cm³/mol.